The van der Waals surface area contributed by atoms with Gasteiger partial charge in [0, 0.05) is 30.4 Å². The zero-order chi connectivity index (χ0) is 17.7. The van der Waals surface area contributed by atoms with Crippen molar-refractivity contribution in [2.75, 3.05) is 0 Å². The van der Waals surface area contributed by atoms with Gasteiger partial charge in [0.2, 0.25) is 0 Å². The Morgan fingerprint density at radius 2 is 2.27 bits per heavy atom. The van der Waals surface area contributed by atoms with Gasteiger partial charge in [0.15, 0.2) is 5.65 Å². The summed E-state index contributed by atoms with van der Waals surface area (Å²) in [5.41, 5.74) is 13.6. The van der Waals surface area contributed by atoms with Gasteiger partial charge >= 0.3 is 0 Å². The molecular formula is C15H14N8OS2. The number of hydrogen-bond donors (Lipinski definition) is 3. The third-order valence-corrected chi connectivity index (χ3v) is 5.96. The Kier molecular flexibility index (Phi) is 3.51. The molecule has 5 heterocycles. The molecule has 0 aliphatic carbocycles. The zero-order valence-electron chi connectivity index (χ0n) is 13.7. The molecule has 1 aliphatic rings. The molecule has 5 rings (SSSR count). The van der Waals surface area contributed by atoms with Crippen LogP contribution in [0.5, 0.6) is 0 Å². The van der Waals surface area contributed by atoms with Crippen molar-refractivity contribution >= 4 is 43.9 Å². The van der Waals surface area contributed by atoms with Gasteiger partial charge in [0.05, 0.1) is 34.3 Å². The fraction of sp³-hybridized carbons (Fsp3) is 0.200. The lowest BCUT2D eigenvalue weighted by molar-refractivity contribution is 0.594. The summed E-state index contributed by atoms with van der Waals surface area (Å²) in [4.78, 5) is 21.8. The standard InChI is InChI=1S/C15H14N8OS2/c1-22-12-10(4-18-23(15(12)24)5-9-6-25-7-16-9)13-14(22)19-11(26-13)2-8-3-17-21-20-8/h3-4,6-7,17,20-21H,2,5H2,1H3. The first-order valence-corrected chi connectivity index (χ1v) is 9.63. The minimum Gasteiger partial charge on any atom is -0.323 e. The maximum Gasteiger partial charge on any atom is 0.291 e. The molecule has 132 valence electrons. The largest absolute Gasteiger partial charge is 0.323 e. The highest BCUT2D eigenvalue weighted by Crippen LogP contribution is 2.31. The predicted molar refractivity (Wildman–Crippen MR) is 101 cm³/mol. The van der Waals surface area contributed by atoms with Gasteiger partial charge in [-0.05, 0) is 0 Å². The first-order valence-electron chi connectivity index (χ1n) is 7.87. The molecular weight excluding hydrogens is 372 g/mol. The van der Waals surface area contributed by atoms with Gasteiger partial charge in [0.25, 0.3) is 5.56 Å². The molecule has 0 aromatic carbocycles. The highest BCUT2D eigenvalue weighted by atomic mass is 32.1. The van der Waals surface area contributed by atoms with Gasteiger partial charge in [-0.2, -0.15) is 10.6 Å². The number of fused-ring (bicyclic) bond motifs is 3. The van der Waals surface area contributed by atoms with E-state index in [4.69, 9.17) is 4.98 Å². The van der Waals surface area contributed by atoms with Crippen molar-refractivity contribution in [2.24, 2.45) is 7.05 Å². The Morgan fingerprint density at radius 3 is 3.04 bits per heavy atom. The number of aryl methyl sites for hydroxylation is 1. The van der Waals surface area contributed by atoms with Gasteiger partial charge in [-0.25, -0.2) is 14.6 Å². The molecule has 0 bridgehead atoms. The number of aromatic nitrogens is 5. The van der Waals surface area contributed by atoms with Crippen LogP contribution in [0.15, 0.2) is 33.8 Å². The minimum absolute atomic E-state index is 0.127. The Balaban J connectivity index is 1.60. The lowest BCUT2D eigenvalue weighted by Crippen LogP contribution is -2.31. The lowest BCUT2D eigenvalue weighted by Gasteiger charge is -2.03. The zero-order valence-corrected chi connectivity index (χ0v) is 15.3. The number of nitrogens with one attached hydrogen (secondary N) is 3. The fourth-order valence-electron chi connectivity index (χ4n) is 3.02. The van der Waals surface area contributed by atoms with Crippen LogP contribution < -0.4 is 21.9 Å². The molecule has 0 fully saturated rings. The van der Waals surface area contributed by atoms with Gasteiger partial charge in [-0.15, -0.1) is 22.7 Å². The Bertz CT molecular complexity index is 1200. The number of hydrogen-bond acceptors (Lipinski definition) is 9. The Labute approximate surface area is 154 Å². The van der Waals surface area contributed by atoms with Crippen LogP contribution >= 0.6 is 22.7 Å². The summed E-state index contributed by atoms with van der Waals surface area (Å²) in [6.07, 6.45) is 4.31. The Morgan fingerprint density at radius 1 is 1.35 bits per heavy atom. The number of allylic oxidation sites excluding steroid dienone is 1. The van der Waals surface area contributed by atoms with E-state index in [2.05, 4.69) is 26.5 Å². The van der Waals surface area contributed by atoms with Crippen molar-refractivity contribution in [1.82, 2.24) is 40.7 Å². The maximum absolute atomic E-state index is 12.9. The average molecular weight is 386 g/mol. The second-order valence-electron chi connectivity index (χ2n) is 5.91. The monoisotopic (exact) mass is 386 g/mol. The molecule has 1 aliphatic heterocycles. The predicted octanol–water partition coefficient (Wildman–Crippen LogP) is 0.846. The van der Waals surface area contributed by atoms with Crippen molar-refractivity contribution < 1.29 is 0 Å². The van der Waals surface area contributed by atoms with E-state index in [1.807, 2.05) is 23.2 Å². The van der Waals surface area contributed by atoms with Crippen LogP contribution in [0.3, 0.4) is 0 Å². The quantitative estimate of drug-likeness (QED) is 0.478. The smallest absolute Gasteiger partial charge is 0.291 e. The van der Waals surface area contributed by atoms with E-state index in [-0.39, 0.29) is 5.56 Å². The normalized spacial score (nSPS) is 14.0. The summed E-state index contributed by atoms with van der Waals surface area (Å²) in [5.74, 6) is 0. The molecule has 0 radical (unpaired) electrons. The van der Waals surface area contributed by atoms with Crippen LogP contribution in [0.4, 0.5) is 0 Å². The van der Waals surface area contributed by atoms with Crippen LogP contribution in [0, 0.1) is 0 Å². The molecule has 4 aromatic heterocycles. The molecule has 3 N–H and O–H groups in total. The van der Waals surface area contributed by atoms with Crippen LogP contribution in [0.25, 0.3) is 21.3 Å². The van der Waals surface area contributed by atoms with Gasteiger partial charge in [-0.1, -0.05) is 0 Å². The summed E-state index contributed by atoms with van der Waals surface area (Å²) in [6.45, 7) is 0.371. The first kappa shape index (κ1) is 15.5. The summed E-state index contributed by atoms with van der Waals surface area (Å²) < 4.78 is 4.30. The molecule has 0 saturated carbocycles. The van der Waals surface area contributed by atoms with E-state index in [0.717, 1.165) is 32.1 Å². The fourth-order valence-corrected chi connectivity index (χ4v) is 4.70. The molecule has 4 aromatic rings. The van der Waals surface area contributed by atoms with E-state index in [0.29, 0.717) is 18.5 Å². The van der Waals surface area contributed by atoms with Crippen LogP contribution in [0.2, 0.25) is 0 Å². The molecule has 0 amide bonds. The summed E-state index contributed by atoms with van der Waals surface area (Å²) >= 11 is 3.09. The minimum atomic E-state index is -0.127. The molecule has 11 heteroatoms. The molecule has 0 unspecified atom stereocenters. The highest BCUT2D eigenvalue weighted by Gasteiger charge is 2.19. The molecule has 0 spiro atoms. The number of rotatable bonds is 4. The van der Waals surface area contributed by atoms with E-state index in [1.54, 1.807) is 23.0 Å². The third kappa shape index (κ3) is 2.40. The van der Waals surface area contributed by atoms with Crippen molar-refractivity contribution in [3.63, 3.8) is 0 Å². The number of nitrogens with zero attached hydrogens (tertiary/aromatic N) is 5. The van der Waals surface area contributed by atoms with E-state index < -0.39 is 0 Å². The summed E-state index contributed by atoms with van der Waals surface area (Å²) in [7, 11) is 1.87. The van der Waals surface area contributed by atoms with Crippen LogP contribution in [-0.2, 0) is 20.0 Å². The Hall–Kier alpha value is -2.76. The van der Waals surface area contributed by atoms with Crippen LogP contribution in [-0.4, -0.2) is 24.3 Å². The SMILES string of the molecule is Cn1c2nc(CC3=CNNN3)sc2c2cnn(Cc3cscn3)c(=O)c21. The molecule has 26 heavy (non-hydrogen) atoms. The molecule has 0 atom stereocenters. The van der Waals surface area contributed by atoms with Crippen molar-refractivity contribution in [2.45, 2.75) is 13.0 Å². The molecule has 0 saturated heterocycles. The topological polar surface area (TPSA) is 102 Å². The van der Waals surface area contributed by atoms with Crippen LogP contribution in [0.1, 0.15) is 10.7 Å². The van der Waals surface area contributed by atoms with Crippen molar-refractivity contribution in [3.05, 3.63) is 50.0 Å². The molecule has 9 nitrogen and oxygen atoms in total. The van der Waals surface area contributed by atoms with Crippen molar-refractivity contribution in [3.8, 4) is 0 Å². The van der Waals surface area contributed by atoms with Gasteiger partial charge in [-0.3, -0.25) is 4.79 Å². The average Bonchev–Trinajstić information content (AvgIpc) is 3.39. The third-order valence-electron chi connectivity index (χ3n) is 4.25. The highest BCUT2D eigenvalue weighted by molar-refractivity contribution is 7.19. The maximum atomic E-state index is 12.9. The number of thiazole rings is 2. The van der Waals surface area contributed by atoms with E-state index in [1.165, 1.54) is 16.0 Å². The first-order chi connectivity index (χ1) is 12.7. The van der Waals surface area contributed by atoms with Crippen molar-refractivity contribution in [1.29, 1.82) is 0 Å². The van der Waals surface area contributed by atoms with E-state index in [9.17, 15) is 4.79 Å². The second-order valence-corrected chi connectivity index (χ2v) is 7.71. The van der Waals surface area contributed by atoms with Gasteiger partial charge in [0.1, 0.15) is 10.5 Å². The second kappa shape index (κ2) is 5.90. The lowest BCUT2D eigenvalue weighted by atomic mass is 10.3. The van der Waals surface area contributed by atoms with Gasteiger partial charge < -0.3 is 15.4 Å². The number of hydrazine groups is 2. The van der Waals surface area contributed by atoms with E-state index >= 15 is 0 Å². The summed E-state index contributed by atoms with van der Waals surface area (Å²) in [6, 6.07) is 0. The summed E-state index contributed by atoms with van der Waals surface area (Å²) in [5, 5.41) is 8.09.